The van der Waals surface area contributed by atoms with Gasteiger partial charge in [0.1, 0.15) is 5.82 Å². The monoisotopic (exact) mass is 285 g/mol. The molecule has 1 heterocycles. The van der Waals surface area contributed by atoms with Crippen LogP contribution in [-0.2, 0) is 16.3 Å². The second-order valence-electron chi connectivity index (χ2n) is 5.27. The lowest BCUT2D eigenvalue weighted by molar-refractivity contribution is 0.520. The zero-order valence-electron chi connectivity index (χ0n) is 11.1. The van der Waals surface area contributed by atoms with Crippen molar-refractivity contribution in [2.45, 2.75) is 37.5 Å². The fourth-order valence-electron chi connectivity index (χ4n) is 2.51. The van der Waals surface area contributed by atoms with Crippen molar-refractivity contribution in [1.29, 1.82) is 0 Å². The highest BCUT2D eigenvalue weighted by atomic mass is 32.2. The molecule has 1 aromatic carbocycles. The maximum atomic E-state index is 13.1. The number of rotatable bonds is 5. The van der Waals surface area contributed by atoms with Gasteiger partial charge in [-0.1, -0.05) is 12.1 Å². The molecule has 0 amide bonds. The molecule has 3 nitrogen and oxygen atoms in total. The van der Waals surface area contributed by atoms with Crippen molar-refractivity contribution in [2.75, 3.05) is 12.3 Å². The minimum absolute atomic E-state index is 0.137. The summed E-state index contributed by atoms with van der Waals surface area (Å²) < 4.78 is 36.4. The van der Waals surface area contributed by atoms with Crippen LogP contribution >= 0.6 is 0 Å². The number of sulfone groups is 1. The van der Waals surface area contributed by atoms with Crippen molar-refractivity contribution in [3.05, 3.63) is 35.6 Å². The molecule has 5 heteroatoms. The molecule has 1 saturated heterocycles. The first-order valence-electron chi connectivity index (χ1n) is 6.67. The maximum absolute atomic E-state index is 13.1. The van der Waals surface area contributed by atoms with E-state index in [-0.39, 0.29) is 17.1 Å². The Bertz CT molecular complexity index is 530. The van der Waals surface area contributed by atoms with Gasteiger partial charge in [0, 0.05) is 12.6 Å². The van der Waals surface area contributed by atoms with Gasteiger partial charge in [-0.05, 0) is 43.9 Å². The van der Waals surface area contributed by atoms with Gasteiger partial charge in [0.15, 0.2) is 9.84 Å². The van der Waals surface area contributed by atoms with Gasteiger partial charge in [-0.2, -0.15) is 0 Å². The third-order valence-corrected chi connectivity index (χ3v) is 5.86. The van der Waals surface area contributed by atoms with Crippen LogP contribution in [0.25, 0.3) is 0 Å². The molecule has 2 unspecified atom stereocenters. The largest absolute Gasteiger partial charge is 0.313 e. The molecular weight excluding hydrogens is 265 g/mol. The van der Waals surface area contributed by atoms with Crippen molar-refractivity contribution in [3.63, 3.8) is 0 Å². The molecule has 0 radical (unpaired) electrons. The fourth-order valence-corrected chi connectivity index (χ4v) is 4.29. The summed E-state index contributed by atoms with van der Waals surface area (Å²) in [4.78, 5) is 0. The van der Waals surface area contributed by atoms with E-state index < -0.39 is 9.84 Å². The van der Waals surface area contributed by atoms with Crippen LogP contribution in [0, 0.1) is 5.82 Å². The van der Waals surface area contributed by atoms with Gasteiger partial charge in [0.2, 0.25) is 0 Å². The Morgan fingerprint density at radius 1 is 1.47 bits per heavy atom. The lowest BCUT2D eigenvalue weighted by atomic mass is 10.1. The number of halogens is 1. The second kappa shape index (κ2) is 6.01. The lowest BCUT2D eigenvalue weighted by Crippen LogP contribution is -2.37. The average Bonchev–Trinajstić information content (AvgIpc) is 2.66. The third-order valence-electron chi connectivity index (χ3n) is 3.59. The fraction of sp³-hybridized carbons (Fsp3) is 0.571. The summed E-state index contributed by atoms with van der Waals surface area (Å²) in [5.74, 6) is 0.0838. The Kier molecular flexibility index (Phi) is 4.58. The SMILES string of the molecule is CC(Cc1cccc(F)c1)NCC1CCCS1(=O)=O. The van der Waals surface area contributed by atoms with E-state index in [0.717, 1.165) is 18.4 Å². The minimum Gasteiger partial charge on any atom is -0.313 e. The van der Waals surface area contributed by atoms with Crippen LogP contribution in [0.15, 0.2) is 24.3 Å². The first-order valence-corrected chi connectivity index (χ1v) is 8.38. The van der Waals surface area contributed by atoms with Crippen LogP contribution in [0.1, 0.15) is 25.3 Å². The van der Waals surface area contributed by atoms with E-state index in [1.54, 1.807) is 6.07 Å². The van der Waals surface area contributed by atoms with Gasteiger partial charge in [-0.15, -0.1) is 0 Å². The molecule has 0 bridgehead atoms. The Labute approximate surface area is 114 Å². The highest BCUT2D eigenvalue weighted by Gasteiger charge is 2.30. The second-order valence-corrected chi connectivity index (χ2v) is 7.68. The molecule has 106 valence electrons. The summed E-state index contributed by atoms with van der Waals surface area (Å²) in [6, 6.07) is 6.65. The Morgan fingerprint density at radius 3 is 2.89 bits per heavy atom. The normalized spacial score (nSPS) is 23.4. The molecule has 1 aliphatic rings. The van der Waals surface area contributed by atoms with Gasteiger partial charge < -0.3 is 5.32 Å². The molecule has 0 saturated carbocycles. The highest BCUT2D eigenvalue weighted by Crippen LogP contribution is 2.19. The van der Waals surface area contributed by atoms with Crippen LogP contribution in [0.2, 0.25) is 0 Å². The standard InChI is InChI=1S/C14H20FNO2S/c1-11(8-12-4-2-5-13(15)9-12)16-10-14-6-3-7-19(14,17)18/h2,4-5,9,11,14,16H,3,6-8,10H2,1H3. The van der Waals surface area contributed by atoms with Gasteiger partial charge in [0.05, 0.1) is 11.0 Å². The first kappa shape index (κ1) is 14.5. The Balaban J connectivity index is 1.83. The molecule has 1 fully saturated rings. The zero-order valence-corrected chi connectivity index (χ0v) is 11.9. The lowest BCUT2D eigenvalue weighted by Gasteiger charge is -2.17. The predicted molar refractivity (Wildman–Crippen MR) is 74.4 cm³/mol. The Hall–Kier alpha value is -0.940. The van der Waals surface area contributed by atoms with E-state index in [0.29, 0.717) is 18.7 Å². The van der Waals surface area contributed by atoms with Crippen LogP contribution < -0.4 is 5.32 Å². The molecular formula is C14H20FNO2S. The predicted octanol–water partition coefficient (Wildman–Crippen LogP) is 1.92. The molecule has 2 rings (SSSR count). The average molecular weight is 285 g/mol. The van der Waals surface area contributed by atoms with Gasteiger partial charge in [-0.3, -0.25) is 0 Å². The van der Waals surface area contributed by atoms with Gasteiger partial charge >= 0.3 is 0 Å². The van der Waals surface area contributed by atoms with Gasteiger partial charge in [0.25, 0.3) is 0 Å². The van der Waals surface area contributed by atoms with Crippen molar-refractivity contribution in [3.8, 4) is 0 Å². The van der Waals surface area contributed by atoms with E-state index in [4.69, 9.17) is 0 Å². The summed E-state index contributed by atoms with van der Waals surface area (Å²) in [5.41, 5.74) is 0.925. The number of hydrogen-bond donors (Lipinski definition) is 1. The van der Waals surface area contributed by atoms with E-state index in [1.807, 2.05) is 13.0 Å². The zero-order chi connectivity index (χ0) is 13.9. The maximum Gasteiger partial charge on any atom is 0.154 e. The molecule has 0 spiro atoms. The topological polar surface area (TPSA) is 46.2 Å². The summed E-state index contributed by atoms with van der Waals surface area (Å²) >= 11 is 0. The quantitative estimate of drug-likeness (QED) is 0.899. The molecule has 1 N–H and O–H groups in total. The van der Waals surface area contributed by atoms with Crippen molar-refractivity contribution in [2.24, 2.45) is 0 Å². The van der Waals surface area contributed by atoms with Crippen molar-refractivity contribution in [1.82, 2.24) is 5.32 Å². The van der Waals surface area contributed by atoms with E-state index in [9.17, 15) is 12.8 Å². The number of nitrogens with one attached hydrogen (secondary N) is 1. The summed E-state index contributed by atoms with van der Waals surface area (Å²) in [6.45, 7) is 2.49. The number of hydrogen-bond acceptors (Lipinski definition) is 3. The number of benzene rings is 1. The molecule has 1 aliphatic heterocycles. The van der Waals surface area contributed by atoms with Crippen LogP contribution in [0.3, 0.4) is 0 Å². The van der Waals surface area contributed by atoms with E-state index in [2.05, 4.69) is 5.32 Å². The van der Waals surface area contributed by atoms with Crippen LogP contribution in [0.5, 0.6) is 0 Å². The van der Waals surface area contributed by atoms with Crippen molar-refractivity contribution >= 4 is 9.84 Å². The first-order chi connectivity index (χ1) is 8.97. The molecule has 1 aromatic rings. The molecule has 19 heavy (non-hydrogen) atoms. The van der Waals surface area contributed by atoms with Gasteiger partial charge in [-0.25, -0.2) is 12.8 Å². The van der Waals surface area contributed by atoms with E-state index >= 15 is 0 Å². The van der Waals surface area contributed by atoms with Crippen LogP contribution in [-0.4, -0.2) is 32.0 Å². The Morgan fingerprint density at radius 2 is 2.26 bits per heavy atom. The van der Waals surface area contributed by atoms with Crippen molar-refractivity contribution < 1.29 is 12.8 Å². The summed E-state index contributed by atoms with van der Waals surface area (Å²) in [5, 5.41) is 3.00. The third kappa shape index (κ3) is 4.01. The smallest absolute Gasteiger partial charge is 0.154 e. The van der Waals surface area contributed by atoms with Crippen LogP contribution in [0.4, 0.5) is 4.39 Å². The summed E-state index contributed by atoms with van der Waals surface area (Å²) in [7, 11) is -2.88. The molecule has 0 aromatic heterocycles. The molecule has 0 aliphatic carbocycles. The highest BCUT2D eigenvalue weighted by molar-refractivity contribution is 7.92. The molecule has 2 atom stereocenters. The minimum atomic E-state index is -2.88. The summed E-state index contributed by atoms with van der Waals surface area (Å²) in [6.07, 6.45) is 2.22. The van der Waals surface area contributed by atoms with E-state index in [1.165, 1.54) is 12.1 Å².